The molecule has 3 nitrogen and oxygen atoms in total. The molecule has 15 heavy (non-hydrogen) atoms. The minimum Gasteiger partial charge on any atom is -0.504 e. The van der Waals surface area contributed by atoms with Crippen LogP contribution in [0.3, 0.4) is 0 Å². The third-order valence-electron chi connectivity index (χ3n) is 2.92. The zero-order valence-corrected chi connectivity index (χ0v) is 8.68. The van der Waals surface area contributed by atoms with Crippen molar-refractivity contribution < 1.29 is 14.6 Å². The number of benzene rings is 1. The minimum atomic E-state index is -0.892. The third-order valence-corrected chi connectivity index (χ3v) is 3.19. The first kappa shape index (κ1) is 10.5. The summed E-state index contributed by atoms with van der Waals surface area (Å²) in [6, 6.07) is 0.970. The van der Waals surface area contributed by atoms with Crippen LogP contribution in [0.4, 0.5) is 4.39 Å². The smallest absolute Gasteiger partial charge is 0.165 e. The van der Waals surface area contributed by atoms with E-state index in [-0.39, 0.29) is 10.6 Å². The fraction of sp³-hybridized carbons (Fsp3) is 0.400. The van der Waals surface area contributed by atoms with Crippen LogP contribution in [-0.2, 0) is 5.54 Å². The van der Waals surface area contributed by atoms with Gasteiger partial charge in [-0.05, 0) is 19.3 Å². The normalized spacial score (nSPS) is 18.6. The molecule has 0 bridgehead atoms. The topological polar surface area (TPSA) is 66.5 Å². The molecule has 1 fully saturated rings. The average molecular weight is 232 g/mol. The number of hydrogen-bond donors (Lipinski definition) is 3. The van der Waals surface area contributed by atoms with Crippen molar-refractivity contribution in [1.29, 1.82) is 0 Å². The maximum Gasteiger partial charge on any atom is 0.165 e. The van der Waals surface area contributed by atoms with Crippen LogP contribution in [0.5, 0.6) is 11.5 Å². The van der Waals surface area contributed by atoms with Crippen LogP contribution in [0, 0.1) is 5.82 Å². The summed E-state index contributed by atoms with van der Waals surface area (Å²) in [5.41, 5.74) is 4.93. The standard InChI is InChI=1S/C10H11ClFNO2/c11-5-4-6(14)9(15)7(8(5)12)10(13)2-1-3-10/h4,14-15H,1-3,13H2. The van der Waals surface area contributed by atoms with E-state index in [0.717, 1.165) is 12.5 Å². The Kier molecular flexibility index (Phi) is 2.28. The van der Waals surface area contributed by atoms with Crippen LogP contribution in [0.2, 0.25) is 5.02 Å². The average Bonchev–Trinajstić information content (AvgIpc) is 2.12. The second kappa shape index (κ2) is 3.25. The van der Waals surface area contributed by atoms with Gasteiger partial charge in [-0.1, -0.05) is 11.6 Å². The van der Waals surface area contributed by atoms with Crippen molar-refractivity contribution in [3.63, 3.8) is 0 Å². The molecule has 1 aromatic carbocycles. The highest BCUT2D eigenvalue weighted by atomic mass is 35.5. The van der Waals surface area contributed by atoms with E-state index in [1.807, 2.05) is 0 Å². The van der Waals surface area contributed by atoms with Crippen molar-refractivity contribution in [1.82, 2.24) is 0 Å². The zero-order chi connectivity index (χ0) is 11.2. The van der Waals surface area contributed by atoms with E-state index >= 15 is 0 Å². The molecule has 0 saturated heterocycles. The van der Waals surface area contributed by atoms with E-state index < -0.39 is 22.9 Å². The van der Waals surface area contributed by atoms with Crippen molar-refractivity contribution in [3.05, 3.63) is 22.5 Å². The van der Waals surface area contributed by atoms with E-state index in [1.54, 1.807) is 0 Å². The van der Waals surface area contributed by atoms with Crippen molar-refractivity contribution in [3.8, 4) is 11.5 Å². The first-order valence-corrected chi connectivity index (χ1v) is 5.03. The predicted octanol–water partition coefficient (Wildman–Crippen LogP) is 2.23. The lowest BCUT2D eigenvalue weighted by Crippen LogP contribution is -2.44. The van der Waals surface area contributed by atoms with E-state index in [0.29, 0.717) is 12.8 Å². The van der Waals surface area contributed by atoms with Crippen LogP contribution in [0.15, 0.2) is 6.07 Å². The Labute approximate surface area is 91.3 Å². The largest absolute Gasteiger partial charge is 0.504 e. The molecular formula is C10H11ClFNO2. The van der Waals surface area contributed by atoms with Gasteiger partial charge in [0.05, 0.1) is 10.6 Å². The van der Waals surface area contributed by atoms with Gasteiger partial charge in [-0.25, -0.2) is 4.39 Å². The van der Waals surface area contributed by atoms with Crippen molar-refractivity contribution in [2.45, 2.75) is 24.8 Å². The molecule has 0 radical (unpaired) electrons. The van der Waals surface area contributed by atoms with Gasteiger partial charge in [0.2, 0.25) is 0 Å². The molecule has 1 aliphatic carbocycles. The Morgan fingerprint density at radius 1 is 1.40 bits per heavy atom. The van der Waals surface area contributed by atoms with Gasteiger partial charge in [0.15, 0.2) is 17.3 Å². The van der Waals surface area contributed by atoms with Gasteiger partial charge < -0.3 is 15.9 Å². The highest BCUT2D eigenvalue weighted by molar-refractivity contribution is 6.31. The quantitative estimate of drug-likeness (QED) is 0.650. The van der Waals surface area contributed by atoms with Crippen LogP contribution in [-0.4, -0.2) is 10.2 Å². The summed E-state index contributed by atoms with van der Waals surface area (Å²) in [7, 11) is 0. The molecule has 2 rings (SSSR count). The predicted molar refractivity (Wildman–Crippen MR) is 54.5 cm³/mol. The van der Waals surface area contributed by atoms with Gasteiger partial charge in [-0.15, -0.1) is 0 Å². The Morgan fingerprint density at radius 2 is 2.00 bits per heavy atom. The number of halogens is 2. The summed E-state index contributed by atoms with van der Waals surface area (Å²) >= 11 is 5.58. The molecule has 82 valence electrons. The van der Waals surface area contributed by atoms with Crippen LogP contribution >= 0.6 is 11.6 Å². The number of nitrogens with two attached hydrogens (primary N) is 1. The lowest BCUT2D eigenvalue weighted by molar-refractivity contribution is 0.234. The van der Waals surface area contributed by atoms with Crippen LogP contribution in [0.25, 0.3) is 0 Å². The molecule has 0 atom stereocenters. The fourth-order valence-electron chi connectivity index (χ4n) is 1.87. The maximum absolute atomic E-state index is 13.7. The molecule has 0 amide bonds. The number of rotatable bonds is 1. The van der Waals surface area contributed by atoms with Gasteiger partial charge in [0.1, 0.15) is 0 Å². The Balaban J connectivity index is 2.63. The number of hydrogen-bond acceptors (Lipinski definition) is 3. The SMILES string of the molecule is NC1(c2c(O)c(O)cc(Cl)c2F)CCC1. The molecular weight excluding hydrogens is 221 g/mol. The summed E-state index contributed by atoms with van der Waals surface area (Å²) in [4.78, 5) is 0. The zero-order valence-electron chi connectivity index (χ0n) is 7.93. The second-order valence-electron chi connectivity index (χ2n) is 3.92. The van der Waals surface area contributed by atoms with E-state index in [4.69, 9.17) is 17.3 Å². The number of aromatic hydroxyl groups is 2. The fourth-order valence-corrected chi connectivity index (χ4v) is 2.06. The Morgan fingerprint density at radius 3 is 2.47 bits per heavy atom. The van der Waals surface area contributed by atoms with E-state index in [9.17, 15) is 14.6 Å². The summed E-state index contributed by atoms with van der Waals surface area (Å²) in [5.74, 6) is -1.68. The Hall–Kier alpha value is -1.00. The monoisotopic (exact) mass is 231 g/mol. The first-order chi connectivity index (χ1) is 6.96. The van der Waals surface area contributed by atoms with Gasteiger partial charge in [0, 0.05) is 11.6 Å². The van der Waals surface area contributed by atoms with E-state index in [2.05, 4.69) is 0 Å². The van der Waals surface area contributed by atoms with E-state index in [1.165, 1.54) is 0 Å². The summed E-state index contributed by atoms with van der Waals surface area (Å²) in [6.45, 7) is 0. The van der Waals surface area contributed by atoms with Gasteiger partial charge in [-0.2, -0.15) is 0 Å². The maximum atomic E-state index is 13.7. The molecule has 1 saturated carbocycles. The summed E-state index contributed by atoms with van der Waals surface area (Å²) < 4.78 is 13.7. The Bertz CT molecular complexity index is 392. The number of phenolic OH excluding ortho intramolecular Hbond substituents is 2. The van der Waals surface area contributed by atoms with Crippen LogP contribution in [0.1, 0.15) is 24.8 Å². The molecule has 1 aliphatic rings. The first-order valence-electron chi connectivity index (χ1n) is 4.65. The lowest BCUT2D eigenvalue weighted by Gasteiger charge is -2.39. The molecule has 0 unspecified atom stereocenters. The third kappa shape index (κ3) is 1.44. The van der Waals surface area contributed by atoms with Crippen molar-refractivity contribution in [2.24, 2.45) is 5.73 Å². The minimum absolute atomic E-state index is 0.0706. The molecule has 0 aromatic heterocycles. The summed E-state index contributed by atoms with van der Waals surface area (Å²) in [6.07, 6.45) is 2.04. The second-order valence-corrected chi connectivity index (χ2v) is 4.33. The molecule has 1 aromatic rings. The van der Waals surface area contributed by atoms with Crippen molar-refractivity contribution >= 4 is 11.6 Å². The molecule has 0 aliphatic heterocycles. The van der Waals surface area contributed by atoms with Gasteiger partial charge >= 0.3 is 0 Å². The van der Waals surface area contributed by atoms with Crippen molar-refractivity contribution in [2.75, 3.05) is 0 Å². The molecule has 0 spiro atoms. The van der Waals surface area contributed by atoms with Crippen LogP contribution < -0.4 is 5.73 Å². The highest BCUT2D eigenvalue weighted by Crippen LogP contribution is 2.48. The molecule has 4 N–H and O–H groups in total. The summed E-state index contributed by atoms with van der Waals surface area (Å²) in [5, 5.41) is 18.7. The van der Waals surface area contributed by atoms with Gasteiger partial charge in [-0.3, -0.25) is 0 Å². The van der Waals surface area contributed by atoms with Gasteiger partial charge in [0.25, 0.3) is 0 Å². The molecule has 5 heteroatoms. The molecule has 0 heterocycles. The lowest BCUT2D eigenvalue weighted by atomic mass is 9.72. The highest BCUT2D eigenvalue weighted by Gasteiger charge is 2.40. The number of phenols is 2.